The van der Waals surface area contributed by atoms with Gasteiger partial charge in [-0.05, 0) is 31.5 Å². The van der Waals surface area contributed by atoms with Crippen LogP contribution in [0, 0.1) is 6.92 Å². The molecule has 0 bridgehead atoms. The number of aryl methyl sites for hydroxylation is 1. The Balaban J connectivity index is 1.74. The van der Waals surface area contributed by atoms with Crippen LogP contribution in [0.25, 0.3) is 0 Å². The predicted octanol–water partition coefficient (Wildman–Crippen LogP) is 3.51. The van der Waals surface area contributed by atoms with Crippen molar-refractivity contribution in [3.63, 3.8) is 0 Å². The van der Waals surface area contributed by atoms with Crippen molar-refractivity contribution in [1.82, 2.24) is 14.8 Å². The first-order valence-electron chi connectivity index (χ1n) is 8.44. The van der Waals surface area contributed by atoms with Crippen LogP contribution in [-0.4, -0.2) is 20.7 Å². The van der Waals surface area contributed by atoms with Crippen molar-refractivity contribution in [2.45, 2.75) is 19.9 Å². The van der Waals surface area contributed by atoms with Crippen molar-refractivity contribution < 1.29 is 4.79 Å². The minimum Gasteiger partial charge on any atom is -0.328 e. The first kappa shape index (κ1) is 16.1. The first-order chi connectivity index (χ1) is 12.6. The second kappa shape index (κ2) is 6.48. The zero-order valence-electron chi connectivity index (χ0n) is 14.6. The maximum absolute atomic E-state index is 13.1. The van der Waals surface area contributed by atoms with Gasteiger partial charge in [0, 0.05) is 11.4 Å². The van der Waals surface area contributed by atoms with Crippen LogP contribution < -0.4 is 10.6 Å². The summed E-state index contributed by atoms with van der Waals surface area (Å²) in [5, 5.41) is 10.5. The number of benzene rings is 2. The third kappa shape index (κ3) is 2.86. The van der Waals surface area contributed by atoms with E-state index in [4.69, 9.17) is 0 Å². The van der Waals surface area contributed by atoms with Gasteiger partial charge in [0.2, 0.25) is 5.95 Å². The Hall–Kier alpha value is -3.41. The Morgan fingerprint density at radius 2 is 1.81 bits per heavy atom. The second-order valence-electron chi connectivity index (χ2n) is 6.33. The molecule has 2 aromatic carbocycles. The lowest BCUT2D eigenvalue weighted by molar-refractivity contribution is -0.113. The van der Waals surface area contributed by atoms with Crippen molar-refractivity contribution in [3.05, 3.63) is 83.3 Å². The summed E-state index contributed by atoms with van der Waals surface area (Å²) < 4.78 is 1.74. The Labute approximate surface area is 151 Å². The quantitative estimate of drug-likeness (QED) is 0.762. The lowest BCUT2D eigenvalue weighted by Crippen LogP contribution is -2.31. The standard InChI is InChI=1S/C20H19N5O/c1-13-8-10-16(11-9-13)24-19(26)17-14(2)23-20-21-12-22-25(20)18(17)15-6-4-3-5-7-15/h3-12,18H,1-2H3,(H,24,26)(H,21,22,23)/t18-/m1/s1. The van der Waals surface area contributed by atoms with Crippen LogP contribution in [0.4, 0.5) is 11.6 Å². The van der Waals surface area contributed by atoms with Crippen LogP contribution in [-0.2, 0) is 4.79 Å². The summed E-state index contributed by atoms with van der Waals surface area (Å²) >= 11 is 0. The van der Waals surface area contributed by atoms with Gasteiger partial charge in [-0.3, -0.25) is 4.79 Å². The number of rotatable bonds is 3. The van der Waals surface area contributed by atoms with E-state index in [1.165, 1.54) is 6.33 Å². The van der Waals surface area contributed by atoms with Crippen LogP contribution in [0.15, 0.2) is 72.2 Å². The van der Waals surface area contributed by atoms with Crippen LogP contribution in [0.5, 0.6) is 0 Å². The van der Waals surface area contributed by atoms with Gasteiger partial charge in [0.1, 0.15) is 12.4 Å². The molecule has 1 aromatic heterocycles. The summed E-state index contributed by atoms with van der Waals surface area (Å²) in [6.45, 7) is 3.90. The number of hydrogen-bond donors (Lipinski definition) is 2. The molecule has 2 heterocycles. The van der Waals surface area contributed by atoms with Gasteiger partial charge in [-0.2, -0.15) is 10.1 Å². The molecule has 0 unspecified atom stereocenters. The normalized spacial score (nSPS) is 16.0. The van der Waals surface area contributed by atoms with Gasteiger partial charge in [-0.1, -0.05) is 48.0 Å². The average molecular weight is 345 g/mol. The fraction of sp³-hybridized carbons (Fsp3) is 0.150. The molecular weight excluding hydrogens is 326 g/mol. The lowest BCUT2D eigenvalue weighted by atomic mass is 9.95. The molecule has 0 fully saturated rings. The van der Waals surface area contributed by atoms with Crippen LogP contribution in [0.2, 0.25) is 0 Å². The van der Waals surface area contributed by atoms with E-state index in [1.54, 1.807) is 4.68 Å². The summed E-state index contributed by atoms with van der Waals surface area (Å²) in [6.07, 6.45) is 1.49. The SMILES string of the molecule is CC1=C(C(=O)Nc2ccc(C)cc2)[C@@H](c2ccccc2)n2ncnc2N1. The maximum Gasteiger partial charge on any atom is 0.255 e. The highest BCUT2D eigenvalue weighted by atomic mass is 16.1. The van der Waals surface area contributed by atoms with Crippen molar-refractivity contribution in [1.29, 1.82) is 0 Å². The fourth-order valence-corrected chi connectivity index (χ4v) is 3.16. The number of hydrogen-bond acceptors (Lipinski definition) is 4. The monoisotopic (exact) mass is 345 g/mol. The molecule has 0 saturated heterocycles. The largest absolute Gasteiger partial charge is 0.328 e. The number of fused-ring (bicyclic) bond motifs is 1. The molecule has 26 heavy (non-hydrogen) atoms. The van der Waals surface area contributed by atoms with Crippen LogP contribution in [0.1, 0.15) is 24.1 Å². The molecular formula is C20H19N5O. The number of aromatic nitrogens is 3. The molecule has 1 aliphatic heterocycles. The highest BCUT2D eigenvalue weighted by Crippen LogP contribution is 2.34. The average Bonchev–Trinajstić information content (AvgIpc) is 3.11. The van der Waals surface area contributed by atoms with Crippen molar-refractivity contribution >= 4 is 17.5 Å². The highest BCUT2D eigenvalue weighted by molar-refractivity contribution is 6.06. The summed E-state index contributed by atoms with van der Waals surface area (Å²) in [6, 6.07) is 17.3. The van der Waals surface area contributed by atoms with Crippen molar-refractivity contribution in [3.8, 4) is 0 Å². The number of carbonyl (C=O) groups is 1. The number of nitrogens with zero attached hydrogens (tertiary/aromatic N) is 3. The minimum absolute atomic E-state index is 0.158. The molecule has 0 radical (unpaired) electrons. The fourth-order valence-electron chi connectivity index (χ4n) is 3.16. The van der Waals surface area contributed by atoms with Gasteiger partial charge >= 0.3 is 0 Å². The molecule has 1 aliphatic rings. The summed E-state index contributed by atoms with van der Waals surface area (Å²) in [5.74, 6) is 0.470. The van der Waals surface area contributed by atoms with Gasteiger partial charge in [0.25, 0.3) is 5.91 Å². The zero-order valence-corrected chi connectivity index (χ0v) is 14.6. The molecule has 130 valence electrons. The lowest BCUT2D eigenvalue weighted by Gasteiger charge is -2.28. The van der Waals surface area contributed by atoms with E-state index in [1.807, 2.05) is 68.4 Å². The smallest absolute Gasteiger partial charge is 0.255 e. The highest BCUT2D eigenvalue weighted by Gasteiger charge is 2.33. The molecule has 4 rings (SSSR count). The number of amides is 1. The van der Waals surface area contributed by atoms with Gasteiger partial charge in [-0.25, -0.2) is 4.68 Å². The number of nitrogens with one attached hydrogen (secondary N) is 2. The van der Waals surface area contributed by atoms with E-state index >= 15 is 0 Å². The molecule has 0 spiro atoms. The molecule has 1 atom stereocenters. The predicted molar refractivity (Wildman–Crippen MR) is 101 cm³/mol. The van der Waals surface area contributed by atoms with Gasteiger partial charge in [0.05, 0.1) is 5.57 Å². The Kier molecular flexibility index (Phi) is 4.01. The van der Waals surface area contributed by atoms with E-state index in [2.05, 4.69) is 20.7 Å². The number of anilines is 2. The number of carbonyl (C=O) groups excluding carboxylic acids is 1. The maximum atomic E-state index is 13.1. The summed E-state index contributed by atoms with van der Waals surface area (Å²) in [5.41, 5.74) is 4.28. The van der Waals surface area contributed by atoms with Gasteiger partial charge < -0.3 is 10.6 Å². The zero-order chi connectivity index (χ0) is 18.1. The Bertz CT molecular complexity index is 973. The topological polar surface area (TPSA) is 71.8 Å². The molecule has 0 aliphatic carbocycles. The van der Waals surface area contributed by atoms with E-state index in [-0.39, 0.29) is 11.9 Å². The molecule has 2 N–H and O–H groups in total. The molecule has 1 amide bonds. The van der Waals surface area contributed by atoms with E-state index in [0.717, 1.165) is 22.5 Å². The van der Waals surface area contributed by atoms with Gasteiger partial charge in [-0.15, -0.1) is 0 Å². The summed E-state index contributed by atoms with van der Waals surface area (Å²) in [4.78, 5) is 17.4. The summed E-state index contributed by atoms with van der Waals surface area (Å²) in [7, 11) is 0. The third-order valence-electron chi connectivity index (χ3n) is 4.46. The third-order valence-corrected chi connectivity index (χ3v) is 4.46. The van der Waals surface area contributed by atoms with E-state index in [9.17, 15) is 4.79 Å². The van der Waals surface area contributed by atoms with Gasteiger partial charge in [0.15, 0.2) is 0 Å². The Morgan fingerprint density at radius 3 is 2.54 bits per heavy atom. The van der Waals surface area contributed by atoms with E-state index < -0.39 is 0 Å². The minimum atomic E-state index is -0.333. The van der Waals surface area contributed by atoms with E-state index in [0.29, 0.717) is 11.5 Å². The Morgan fingerprint density at radius 1 is 1.08 bits per heavy atom. The van der Waals surface area contributed by atoms with Crippen molar-refractivity contribution in [2.24, 2.45) is 0 Å². The van der Waals surface area contributed by atoms with Crippen LogP contribution in [0.3, 0.4) is 0 Å². The van der Waals surface area contributed by atoms with Crippen LogP contribution >= 0.6 is 0 Å². The number of allylic oxidation sites excluding steroid dienone is 1. The molecule has 6 nitrogen and oxygen atoms in total. The molecule has 0 saturated carbocycles. The van der Waals surface area contributed by atoms with Crippen molar-refractivity contribution in [2.75, 3.05) is 10.6 Å². The molecule has 6 heteroatoms. The first-order valence-corrected chi connectivity index (χ1v) is 8.44. The molecule has 3 aromatic rings. The second-order valence-corrected chi connectivity index (χ2v) is 6.33.